The van der Waals surface area contributed by atoms with E-state index in [0.29, 0.717) is 18.1 Å². The molecule has 7 N–H and O–H groups in total. The maximum Gasteiger partial charge on any atom is 0.243 e. The van der Waals surface area contributed by atoms with Gasteiger partial charge in [-0.1, -0.05) is 12.6 Å². The molecule has 32 heavy (non-hydrogen) atoms. The smallest absolute Gasteiger partial charge is 0.243 e. The summed E-state index contributed by atoms with van der Waals surface area (Å²) in [5.74, 6) is 0.559. The average molecular weight is 459 g/mol. The quantitative estimate of drug-likeness (QED) is 0.241. The Bertz CT molecular complexity index is 1190. The van der Waals surface area contributed by atoms with E-state index in [1.54, 1.807) is 6.07 Å². The lowest BCUT2D eigenvalue weighted by atomic mass is 10.2. The van der Waals surface area contributed by atoms with Crippen molar-refractivity contribution in [3.05, 3.63) is 60.4 Å². The molecule has 0 fully saturated rings. The minimum absolute atomic E-state index is 0.0750. The molecule has 0 atom stereocenters. The number of nitrogens with zero attached hydrogens (tertiary/aromatic N) is 1. The summed E-state index contributed by atoms with van der Waals surface area (Å²) in [6.07, 6.45) is 2.96. The van der Waals surface area contributed by atoms with E-state index in [-0.39, 0.29) is 28.9 Å². The number of aryl methyl sites for hydroxylation is 1. The number of guanidine groups is 1. The van der Waals surface area contributed by atoms with Crippen LogP contribution < -0.4 is 36.3 Å². The Hall–Kier alpha value is -3.70. The Morgan fingerprint density at radius 2 is 1.91 bits per heavy atom. The van der Waals surface area contributed by atoms with E-state index in [1.807, 2.05) is 32.2 Å². The van der Waals surface area contributed by atoms with Gasteiger partial charge in [-0.15, -0.1) is 0 Å². The molecule has 0 saturated carbocycles. The molecule has 170 valence electrons. The van der Waals surface area contributed by atoms with Gasteiger partial charge >= 0.3 is 0 Å². The number of hydrogen-bond acceptors (Lipinski definition) is 7. The molecule has 1 heterocycles. The van der Waals surface area contributed by atoms with Crippen LogP contribution in [-0.4, -0.2) is 34.6 Å². The molecule has 0 unspecified atom stereocenters. The molecule has 0 bridgehead atoms. The Labute approximate surface area is 187 Å². The molecule has 1 aliphatic rings. The number of fused-ring (bicyclic) bond motifs is 1. The van der Waals surface area contributed by atoms with Crippen molar-refractivity contribution in [1.29, 1.82) is 0 Å². The van der Waals surface area contributed by atoms with Gasteiger partial charge in [0.15, 0.2) is 22.4 Å². The Morgan fingerprint density at radius 1 is 1.16 bits per heavy atom. The van der Waals surface area contributed by atoms with Gasteiger partial charge in [-0.3, -0.25) is 0 Å². The van der Waals surface area contributed by atoms with Crippen LogP contribution in [0.4, 0.5) is 17.1 Å². The second-order valence-electron chi connectivity index (χ2n) is 6.90. The zero-order chi connectivity index (χ0) is 23.3. The zero-order valence-corrected chi connectivity index (χ0v) is 18.6. The number of ether oxygens (including phenoxy) is 2. The molecule has 0 spiro atoms. The van der Waals surface area contributed by atoms with Crippen LogP contribution in [0.15, 0.2) is 64.8 Å². The highest BCUT2D eigenvalue weighted by Crippen LogP contribution is 2.41. The fourth-order valence-corrected chi connectivity index (χ4v) is 3.89. The first-order valence-electron chi connectivity index (χ1n) is 9.65. The maximum atomic E-state index is 12.2. The van der Waals surface area contributed by atoms with Crippen LogP contribution in [0.25, 0.3) is 0 Å². The standard InChI is InChI=1S/C21H26N6O4S/c1-13-4-5-15(12-17(13)24-3)27-21(22)25-9-8-14(2)26-16-6-7-18-19(31-11-10-30-18)20(16)32(23,28)29/h4-9,12,24,26H,2,10-11H2,1,3H3,(H3,22,25,27)(H2,23,28,29)/b9-8-. The number of aliphatic imine (C=N–C) groups is 1. The van der Waals surface area contributed by atoms with Crippen molar-refractivity contribution in [2.24, 2.45) is 15.9 Å². The second kappa shape index (κ2) is 9.62. The Kier molecular flexibility index (Phi) is 6.91. The number of anilines is 3. The van der Waals surface area contributed by atoms with Crippen molar-refractivity contribution in [3.8, 4) is 11.5 Å². The number of nitrogens with one attached hydrogen (secondary N) is 3. The Morgan fingerprint density at radius 3 is 2.62 bits per heavy atom. The summed E-state index contributed by atoms with van der Waals surface area (Å²) < 4.78 is 35.2. The van der Waals surface area contributed by atoms with Crippen LogP contribution in [0.5, 0.6) is 11.5 Å². The largest absolute Gasteiger partial charge is 0.486 e. The number of benzene rings is 2. The molecule has 11 heteroatoms. The predicted molar refractivity (Wildman–Crippen MR) is 127 cm³/mol. The summed E-state index contributed by atoms with van der Waals surface area (Å²) in [6, 6.07) is 8.89. The molecule has 3 rings (SSSR count). The van der Waals surface area contributed by atoms with E-state index in [9.17, 15) is 8.42 Å². The SMILES string of the molecule is C=C(/C=C\N=C(N)Nc1ccc(C)c(NC)c1)Nc1ccc2c(c1S(N)(=O)=O)OCCO2. The third kappa shape index (κ3) is 5.50. The monoisotopic (exact) mass is 458 g/mol. The van der Waals surface area contributed by atoms with Gasteiger partial charge < -0.3 is 31.2 Å². The fraction of sp³-hybridized carbons (Fsp3) is 0.190. The summed E-state index contributed by atoms with van der Waals surface area (Å²) in [4.78, 5) is 3.91. The van der Waals surface area contributed by atoms with E-state index < -0.39 is 10.0 Å². The lowest BCUT2D eigenvalue weighted by Crippen LogP contribution is -2.22. The van der Waals surface area contributed by atoms with E-state index >= 15 is 0 Å². The van der Waals surface area contributed by atoms with Gasteiger partial charge in [0, 0.05) is 30.3 Å². The first-order valence-corrected chi connectivity index (χ1v) is 11.2. The van der Waals surface area contributed by atoms with Crippen molar-refractivity contribution < 1.29 is 17.9 Å². The van der Waals surface area contributed by atoms with Crippen molar-refractivity contribution in [1.82, 2.24) is 0 Å². The molecule has 0 aromatic heterocycles. The topological polar surface area (TPSA) is 153 Å². The third-order valence-corrected chi connectivity index (χ3v) is 5.49. The van der Waals surface area contributed by atoms with Gasteiger partial charge in [-0.2, -0.15) is 0 Å². The third-order valence-electron chi connectivity index (χ3n) is 4.51. The van der Waals surface area contributed by atoms with E-state index in [1.165, 1.54) is 18.3 Å². The second-order valence-corrected chi connectivity index (χ2v) is 8.39. The van der Waals surface area contributed by atoms with Gasteiger partial charge in [0.25, 0.3) is 0 Å². The number of rotatable bonds is 7. The van der Waals surface area contributed by atoms with Gasteiger partial charge in [-0.25, -0.2) is 18.5 Å². The highest BCUT2D eigenvalue weighted by atomic mass is 32.2. The van der Waals surface area contributed by atoms with Crippen molar-refractivity contribution in [3.63, 3.8) is 0 Å². The van der Waals surface area contributed by atoms with E-state index in [2.05, 4.69) is 27.5 Å². The summed E-state index contributed by atoms with van der Waals surface area (Å²) in [5, 5.41) is 14.4. The molecule has 2 aromatic rings. The zero-order valence-electron chi connectivity index (χ0n) is 17.8. The molecular weight excluding hydrogens is 432 g/mol. The Balaban J connectivity index is 1.72. The van der Waals surface area contributed by atoms with Crippen LogP contribution in [-0.2, 0) is 10.0 Å². The average Bonchev–Trinajstić information content (AvgIpc) is 2.74. The lowest BCUT2D eigenvalue weighted by molar-refractivity contribution is 0.167. The van der Waals surface area contributed by atoms with Gasteiger partial charge in [0.1, 0.15) is 13.2 Å². The van der Waals surface area contributed by atoms with Gasteiger partial charge in [0.2, 0.25) is 10.0 Å². The molecule has 10 nitrogen and oxygen atoms in total. The van der Waals surface area contributed by atoms with Crippen molar-refractivity contribution in [2.45, 2.75) is 11.8 Å². The number of sulfonamides is 1. The number of allylic oxidation sites excluding steroid dienone is 1. The molecule has 0 aliphatic carbocycles. The molecular formula is C21H26N6O4S. The van der Waals surface area contributed by atoms with Crippen LogP contribution in [0.1, 0.15) is 5.56 Å². The maximum absolute atomic E-state index is 12.2. The number of hydrogen-bond donors (Lipinski definition) is 5. The van der Waals surface area contributed by atoms with Crippen LogP contribution in [0.2, 0.25) is 0 Å². The first-order chi connectivity index (χ1) is 15.2. The summed E-state index contributed by atoms with van der Waals surface area (Å²) in [6.45, 7) is 6.40. The predicted octanol–water partition coefficient (Wildman–Crippen LogP) is 2.32. The summed E-state index contributed by atoms with van der Waals surface area (Å²) in [7, 11) is -2.25. The summed E-state index contributed by atoms with van der Waals surface area (Å²) in [5.41, 5.74) is 9.35. The van der Waals surface area contributed by atoms with E-state index in [0.717, 1.165) is 16.9 Å². The molecule has 0 radical (unpaired) electrons. The van der Waals surface area contributed by atoms with Gasteiger partial charge in [0.05, 0.1) is 5.69 Å². The number of primary sulfonamides is 1. The highest BCUT2D eigenvalue weighted by Gasteiger charge is 2.26. The number of nitrogens with two attached hydrogens (primary N) is 2. The lowest BCUT2D eigenvalue weighted by Gasteiger charge is -2.22. The highest BCUT2D eigenvalue weighted by molar-refractivity contribution is 7.89. The fourth-order valence-electron chi connectivity index (χ4n) is 3.04. The summed E-state index contributed by atoms with van der Waals surface area (Å²) >= 11 is 0. The van der Waals surface area contributed by atoms with E-state index in [4.69, 9.17) is 20.3 Å². The molecule has 0 saturated heterocycles. The first kappa shape index (κ1) is 23.0. The van der Waals surface area contributed by atoms with Crippen molar-refractivity contribution in [2.75, 3.05) is 36.2 Å². The molecule has 0 amide bonds. The van der Waals surface area contributed by atoms with Crippen LogP contribution in [0.3, 0.4) is 0 Å². The van der Waals surface area contributed by atoms with Gasteiger partial charge in [-0.05, 0) is 42.8 Å². The van der Waals surface area contributed by atoms with Crippen molar-refractivity contribution >= 4 is 33.0 Å². The molecule has 1 aliphatic heterocycles. The molecule has 2 aromatic carbocycles. The van der Waals surface area contributed by atoms with Crippen LogP contribution >= 0.6 is 0 Å². The minimum Gasteiger partial charge on any atom is -0.486 e. The normalized spacial score (nSPS) is 13.7. The minimum atomic E-state index is -4.09. The van der Waals surface area contributed by atoms with Crippen LogP contribution in [0, 0.1) is 6.92 Å².